The summed E-state index contributed by atoms with van der Waals surface area (Å²) in [6, 6.07) is 6.50. The number of hydrogen-bond acceptors (Lipinski definition) is 14. The lowest BCUT2D eigenvalue weighted by atomic mass is 9.70. The van der Waals surface area contributed by atoms with Crippen molar-refractivity contribution in [2.45, 2.75) is 168 Å². The molecule has 0 spiro atoms. The molecule has 2 heterocycles. The molecule has 5 rings (SSSR count). The molecule has 1 aromatic carbocycles. The number of unbranched alkanes of at least 4 members (excludes halogenated alkanes) is 1. The number of carboxylic acid groups (broad SMARTS) is 1. The van der Waals surface area contributed by atoms with E-state index in [2.05, 4.69) is 10.6 Å². The van der Waals surface area contributed by atoms with E-state index in [9.17, 15) is 58.2 Å². The number of carbonyl (C=O) groups is 10. The Bertz CT molecular complexity index is 2140. The van der Waals surface area contributed by atoms with Crippen molar-refractivity contribution in [3.05, 3.63) is 29.8 Å². The average Bonchev–Trinajstić information content (AvgIpc) is 3.37. The van der Waals surface area contributed by atoms with Gasteiger partial charge in [-0.1, -0.05) is 51.2 Å². The standard InChI is InChI=1S/C59H88N4O12/c1-36(59(61)75)25-54(69)49-34-62-23-20-41(49)30-52(67)44(16-19-58(73)74)32-56(71)48-13-6-4-10-40(48)28-53(68)45(27-38-14-17-46(65)18-15-38)33-57(72)50-35-63-24-21-42(50)29-51(66)43(11-7-8-22-60)31-55(70)47-12-5-3-9-39(47)26-37(2)64/h14-15,17-18,36,39-45,47-50,62-63,65H,3-13,16,19-35,60H2,1-2H3,(H2,61,75)(H,73,74)/t36-,39?,40?,41?,42?,43-,44-,45-,47?,48?,49?,50?/m0/s1. The van der Waals surface area contributed by atoms with Crippen LogP contribution >= 0.6 is 0 Å². The number of ketones is 8. The fourth-order valence-electron chi connectivity index (χ4n) is 13.0. The highest BCUT2D eigenvalue weighted by atomic mass is 16.4. The number of primary amides is 1. The molecule has 0 bridgehead atoms. The van der Waals surface area contributed by atoms with Gasteiger partial charge in [0.05, 0.1) is 0 Å². The lowest BCUT2D eigenvalue weighted by molar-refractivity contribution is -0.139. The summed E-state index contributed by atoms with van der Waals surface area (Å²) in [5.41, 5.74) is 12.0. The number of carboxylic acids is 1. The first kappa shape index (κ1) is 61.1. The summed E-state index contributed by atoms with van der Waals surface area (Å²) in [7, 11) is 0. The maximum atomic E-state index is 14.8. The van der Waals surface area contributed by atoms with Gasteiger partial charge in [-0.25, -0.2) is 0 Å². The number of rotatable bonds is 33. The summed E-state index contributed by atoms with van der Waals surface area (Å²) in [6.45, 7) is 5.47. The molecule has 0 radical (unpaired) electrons. The van der Waals surface area contributed by atoms with Crippen molar-refractivity contribution in [3.8, 4) is 5.75 Å². The Kier molecular flexibility index (Phi) is 25.1. The van der Waals surface area contributed by atoms with Gasteiger partial charge in [-0.05, 0) is 132 Å². The predicted molar refractivity (Wildman–Crippen MR) is 283 cm³/mol. The molecule has 75 heavy (non-hydrogen) atoms. The van der Waals surface area contributed by atoms with Crippen molar-refractivity contribution in [3.63, 3.8) is 0 Å². The third-order valence-corrected chi connectivity index (χ3v) is 17.5. The molecular formula is C59H88N4O12. The molecule has 2 saturated carbocycles. The zero-order valence-corrected chi connectivity index (χ0v) is 44.9. The molecule has 416 valence electrons. The zero-order chi connectivity index (χ0) is 54.6. The van der Waals surface area contributed by atoms with Crippen LogP contribution in [0.3, 0.4) is 0 Å². The number of aliphatic carboxylic acids is 1. The number of nitrogens with two attached hydrogens (primary N) is 2. The molecule has 16 nitrogen and oxygen atoms in total. The van der Waals surface area contributed by atoms with Crippen molar-refractivity contribution in [1.82, 2.24) is 10.6 Å². The van der Waals surface area contributed by atoms with Gasteiger partial charge in [0, 0.05) is 118 Å². The van der Waals surface area contributed by atoms with Crippen molar-refractivity contribution in [1.29, 1.82) is 0 Å². The van der Waals surface area contributed by atoms with Crippen LogP contribution in [-0.2, 0) is 54.4 Å². The highest BCUT2D eigenvalue weighted by Crippen LogP contribution is 2.39. The predicted octanol–water partition coefficient (Wildman–Crippen LogP) is 6.66. The summed E-state index contributed by atoms with van der Waals surface area (Å²) in [5, 5.41) is 26.3. The number of piperidine rings is 2. The Morgan fingerprint density at radius 1 is 0.573 bits per heavy atom. The van der Waals surface area contributed by atoms with Gasteiger partial charge in [-0.2, -0.15) is 0 Å². The Labute approximate surface area is 444 Å². The van der Waals surface area contributed by atoms with Crippen molar-refractivity contribution < 1.29 is 58.2 Å². The number of nitrogens with one attached hydrogen (secondary N) is 2. The van der Waals surface area contributed by atoms with Gasteiger partial charge < -0.3 is 37.1 Å². The van der Waals surface area contributed by atoms with Gasteiger partial charge in [-0.3, -0.25) is 43.2 Å². The average molecular weight is 1050 g/mol. The van der Waals surface area contributed by atoms with E-state index in [4.69, 9.17) is 11.5 Å². The molecule has 8 N–H and O–H groups in total. The molecule has 2 saturated heterocycles. The van der Waals surface area contributed by atoms with E-state index in [0.29, 0.717) is 84.1 Å². The minimum Gasteiger partial charge on any atom is -0.508 e. The third kappa shape index (κ3) is 19.3. The van der Waals surface area contributed by atoms with Crippen LogP contribution < -0.4 is 22.1 Å². The molecule has 16 heteroatoms. The fraction of sp³-hybridized carbons (Fsp3) is 0.729. The largest absolute Gasteiger partial charge is 0.508 e. The second kappa shape index (κ2) is 30.8. The smallest absolute Gasteiger partial charge is 0.303 e. The van der Waals surface area contributed by atoms with Crippen molar-refractivity contribution in [2.24, 2.45) is 82.5 Å². The van der Waals surface area contributed by atoms with E-state index in [0.717, 1.165) is 44.1 Å². The number of aromatic hydroxyl groups is 1. The zero-order valence-electron chi connectivity index (χ0n) is 44.9. The van der Waals surface area contributed by atoms with E-state index in [1.165, 1.54) is 12.1 Å². The summed E-state index contributed by atoms with van der Waals surface area (Å²) in [6.07, 6.45) is 9.21. The number of Topliss-reactive ketones (excluding diaryl/α,β-unsaturated/α-hetero) is 8. The Morgan fingerprint density at radius 2 is 1.01 bits per heavy atom. The highest BCUT2D eigenvalue weighted by molar-refractivity contribution is 5.94. The molecule has 4 fully saturated rings. The quantitative estimate of drug-likeness (QED) is 0.0402. The Balaban J connectivity index is 1.30. The SMILES string of the molecule is CC(=O)CC1CCCCC1C(=O)C[C@H](CCCCN)C(=O)CC1CCNCC1C(=O)C[C@H](Cc1ccc(O)cc1)C(=O)CC1CCCCC1C(=O)C[C@H](CCC(=O)O)C(=O)CC1CCNCC1C(=O)C[C@H](C)C(N)=O. The van der Waals surface area contributed by atoms with Crippen LogP contribution in [0.15, 0.2) is 24.3 Å². The van der Waals surface area contributed by atoms with Gasteiger partial charge in [0.2, 0.25) is 5.91 Å². The topological polar surface area (TPSA) is 287 Å². The minimum absolute atomic E-state index is 0.00853. The van der Waals surface area contributed by atoms with Gasteiger partial charge in [0.25, 0.3) is 0 Å². The maximum absolute atomic E-state index is 14.8. The number of amides is 1. The Morgan fingerprint density at radius 3 is 1.51 bits per heavy atom. The molecule has 0 aromatic heterocycles. The monoisotopic (exact) mass is 1040 g/mol. The van der Waals surface area contributed by atoms with Gasteiger partial charge in [-0.15, -0.1) is 0 Å². The Hall–Kier alpha value is -4.80. The second-order valence-corrected chi connectivity index (χ2v) is 23.1. The summed E-state index contributed by atoms with van der Waals surface area (Å²) in [4.78, 5) is 135. The number of hydrogen-bond donors (Lipinski definition) is 6. The van der Waals surface area contributed by atoms with Crippen LogP contribution in [0.5, 0.6) is 5.75 Å². The van der Waals surface area contributed by atoms with E-state index in [-0.39, 0.29) is 146 Å². The minimum atomic E-state index is -1.10. The van der Waals surface area contributed by atoms with Gasteiger partial charge in [0.1, 0.15) is 52.0 Å². The third-order valence-electron chi connectivity index (χ3n) is 17.5. The number of phenolic OH excluding ortho intramolecular Hbond substituents is 1. The van der Waals surface area contributed by atoms with Crippen LogP contribution in [0.4, 0.5) is 0 Å². The van der Waals surface area contributed by atoms with E-state index < -0.39 is 53.3 Å². The maximum Gasteiger partial charge on any atom is 0.303 e. The molecule has 8 unspecified atom stereocenters. The first-order valence-electron chi connectivity index (χ1n) is 28.4. The highest BCUT2D eigenvalue weighted by Gasteiger charge is 2.41. The normalized spacial score (nSPS) is 25.7. The van der Waals surface area contributed by atoms with E-state index in [1.807, 2.05) is 0 Å². The summed E-state index contributed by atoms with van der Waals surface area (Å²) >= 11 is 0. The van der Waals surface area contributed by atoms with Gasteiger partial charge in [0.15, 0.2) is 0 Å². The second-order valence-electron chi connectivity index (χ2n) is 23.1. The van der Waals surface area contributed by atoms with E-state index >= 15 is 0 Å². The first-order chi connectivity index (χ1) is 35.8. The molecule has 1 aromatic rings. The summed E-state index contributed by atoms with van der Waals surface area (Å²) < 4.78 is 0. The molecule has 2 aliphatic carbocycles. The number of phenols is 1. The van der Waals surface area contributed by atoms with Crippen molar-refractivity contribution >= 4 is 58.1 Å². The van der Waals surface area contributed by atoms with Crippen LogP contribution in [0.2, 0.25) is 0 Å². The number of benzene rings is 1. The number of carbonyl (C=O) groups excluding carboxylic acids is 9. The molecule has 12 atom stereocenters. The lowest BCUT2D eigenvalue weighted by Gasteiger charge is -2.34. The molecule has 4 aliphatic rings. The first-order valence-corrected chi connectivity index (χ1v) is 28.4. The van der Waals surface area contributed by atoms with Crippen LogP contribution in [0, 0.1) is 71.0 Å². The molecule has 2 aliphatic heterocycles. The van der Waals surface area contributed by atoms with Crippen molar-refractivity contribution in [2.75, 3.05) is 32.7 Å². The summed E-state index contributed by atoms with van der Waals surface area (Å²) in [5.74, 6) is -8.30. The fourth-order valence-corrected chi connectivity index (χ4v) is 13.0. The van der Waals surface area contributed by atoms with Crippen LogP contribution in [-0.4, -0.2) is 101 Å². The van der Waals surface area contributed by atoms with Crippen LogP contribution in [0.25, 0.3) is 0 Å². The van der Waals surface area contributed by atoms with E-state index in [1.54, 1.807) is 26.0 Å². The van der Waals surface area contributed by atoms with Crippen LogP contribution in [0.1, 0.15) is 167 Å². The molecule has 1 amide bonds. The molecular weight excluding hydrogens is 957 g/mol. The van der Waals surface area contributed by atoms with Gasteiger partial charge >= 0.3 is 5.97 Å². The lowest BCUT2D eigenvalue weighted by Crippen LogP contribution is -2.43.